The third-order valence-corrected chi connectivity index (χ3v) is 4.09. The molecule has 2 heterocycles. The first-order chi connectivity index (χ1) is 12.3. The number of fused-ring (bicyclic) bond motifs is 1. The second kappa shape index (κ2) is 9.34. The van der Waals surface area contributed by atoms with E-state index in [-0.39, 0.29) is 18.6 Å². The van der Waals surface area contributed by atoms with Gasteiger partial charge in [0.05, 0.1) is 19.3 Å². The van der Waals surface area contributed by atoms with E-state index in [1.165, 1.54) is 6.42 Å². The molecule has 1 aliphatic heterocycles. The highest BCUT2D eigenvalue weighted by atomic mass is 16.5. The molecule has 6 nitrogen and oxygen atoms in total. The third kappa shape index (κ3) is 5.41. The molecule has 0 saturated carbocycles. The predicted octanol–water partition coefficient (Wildman–Crippen LogP) is 2.32. The summed E-state index contributed by atoms with van der Waals surface area (Å²) < 4.78 is 16.7. The molecule has 1 amide bonds. The van der Waals surface area contributed by atoms with E-state index in [1.54, 1.807) is 6.20 Å². The van der Waals surface area contributed by atoms with Gasteiger partial charge in [-0.2, -0.15) is 0 Å². The van der Waals surface area contributed by atoms with Crippen molar-refractivity contribution in [2.45, 2.75) is 25.4 Å². The zero-order chi connectivity index (χ0) is 17.3. The molecular formula is C19H24N2O4. The summed E-state index contributed by atoms with van der Waals surface area (Å²) in [7, 11) is 0. The summed E-state index contributed by atoms with van der Waals surface area (Å²) in [5, 5.41) is 3.82. The van der Waals surface area contributed by atoms with Crippen LogP contribution in [-0.2, 0) is 14.3 Å². The van der Waals surface area contributed by atoms with Crippen LogP contribution >= 0.6 is 0 Å². The number of hydrogen-bond donors (Lipinski definition) is 1. The van der Waals surface area contributed by atoms with Gasteiger partial charge in [0, 0.05) is 18.2 Å². The van der Waals surface area contributed by atoms with Gasteiger partial charge in [-0.1, -0.05) is 18.2 Å². The van der Waals surface area contributed by atoms with Crippen LogP contribution in [0.4, 0.5) is 0 Å². The molecule has 1 N–H and O–H groups in total. The van der Waals surface area contributed by atoms with Crippen LogP contribution in [0, 0.1) is 0 Å². The smallest absolute Gasteiger partial charge is 0.246 e. The lowest BCUT2D eigenvalue weighted by Gasteiger charge is -2.22. The van der Waals surface area contributed by atoms with E-state index in [1.807, 2.05) is 30.3 Å². The van der Waals surface area contributed by atoms with Crippen LogP contribution in [0.1, 0.15) is 19.3 Å². The van der Waals surface area contributed by atoms with Gasteiger partial charge < -0.3 is 19.5 Å². The Morgan fingerprint density at radius 2 is 2.20 bits per heavy atom. The van der Waals surface area contributed by atoms with Crippen LogP contribution in [0.2, 0.25) is 0 Å². The summed E-state index contributed by atoms with van der Waals surface area (Å²) in [6, 6.07) is 9.68. The summed E-state index contributed by atoms with van der Waals surface area (Å²) in [4.78, 5) is 16.1. The predicted molar refractivity (Wildman–Crippen MR) is 94.7 cm³/mol. The zero-order valence-corrected chi connectivity index (χ0v) is 14.3. The molecule has 1 aliphatic rings. The molecule has 6 heteroatoms. The molecule has 1 atom stereocenters. The molecule has 0 aliphatic carbocycles. The quantitative estimate of drug-likeness (QED) is 0.744. The van der Waals surface area contributed by atoms with Crippen molar-refractivity contribution in [3.05, 3.63) is 36.5 Å². The molecule has 0 bridgehead atoms. The minimum Gasteiger partial charge on any atom is -0.489 e. The summed E-state index contributed by atoms with van der Waals surface area (Å²) in [5.41, 5.74) is 0.826. The first-order valence-electron chi connectivity index (χ1n) is 8.75. The number of pyridine rings is 1. The number of nitrogens with zero attached hydrogens (tertiary/aromatic N) is 1. The summed E-state index contributed by atoms with van der Waals surface area (Å²) in [6.45, 7) is 2.13. The SMILES string of the molecule is O=C(COCC1CCCCO1)NCCOc1cccc2cccnc12. The lowest BCUT2D eigenvalue weighted by atomic mass is 10.1. The molecule has 1 aromatic carbocycles. The molecule has 1 saturated heterocycles. The Balaban J connectivity index is 1.33. The molecule has 2 aromatic rings. The Hall–Kier alpha value is -2.18. The van der Waals surface area contributed by atoms with Gasteiger partial charge in [-0.05, 0) is 31.4 Å². The van der Waals surface area contributed by atoms with Crippen molar-refractivity contribution in [3.8, 4) is 5.75 Å². The normalized spacial score (nSPS) is 17.4. The molecule has 1 aromatic heterocycles. The van der Waals surface area contributed by atoms with Crippen LogP contribution in [0.25, 0.3) is 10.9 Å². The number of rotatable bonds is 8. The Kier molecular flexibility index (Phi) is 6.59. The maximum absolute atomic E-state index is 11.8. The van der Waals surface area contributed by atoms with Gasteiger partial charge in [-0.15, -0.1) is 0 Å². The number of carbonyl (C=O) groups is 1. The molecule has 1 fully saturated rings. The van der Waals surface area contributed by atoms with Gasteiger partial charge in [0.25, 0.3) is 0 Å². The number of ether oxygens (including phenoxy) is 3. The number of para-hydroxylation sites is 1. The van der Waals surface area contributed by atoms with Crippen molar-refractivity contribution < 1.29 is 19.0 Å². The minimum atomic E-state index is -0.143. The largest absolute Gasteiger partial charge is 0.489 e. The number of aromatic nitrogens is 1. The highest BCUT2D eigenvalue weighted by Crippen LogP contribution is 2.22. The molecule has 3 rings (SSSR count). The second-order valence-corrected chi connectivity index (χ2v) is 6.03. The Labute approximate surface area is 147 Å². The average molecular weight is 344 g/mol. The van der Waals surface area contributed by atoms with E-state index in [9.17, 15) is 4.79 Å². The lowest BCUT2D eigenvalue weighted by Crippen LogP contribution is -2.33. The van der Waals surface area contributed by atoms with Gasteiger partial charge in [0.15, 0.2) is 0 Å². The number of amides is 1. The van der Waals surface area contributed by atoms with Crippen molar-refractivity contribution in [2.24, 2.45) is 0 Å². The standard InChI is InChI=1S/C19H24N2O4/c22-18(14-23-13-16-7-1-2-11-24-16)20-10-12-25-17-8-3-5-15-6-4-9-21-19(15)17/h3-6,8-9,16H,1-2,7,10-14H2,(H,20,22). The topological polar surface area (TPSA) is 69.7 Å². The summed E-state index contributed by atoms with van der Waals surface area (Å²) in [6.07, 6.45) is 5.16. The Morgan fingerprint density at radius 1 is 1.28 bits per heavy atom. The van der Waals surface area contributed by atoms with Crippen molar-refractivity contribution >= 4 is 16.8 Å². The first-order valence-corrected chi connectivity index (χ1v) is 8.75. The molecular weight excluding hydrogens is 320 g/mol. The number of carbonyl (C=O) groups excluding carboxylic acids is 1. The summed E-state index contributed by atoms with van der Waals surface area (Å²) in [5.74, 6) is 0.577. The molecule has 25 heavy (non-hydrogen) atoms. The fourth-order valence-electron chi connectivity index (χ4n) is 2.82. The van der Waals surface area contributed by atoms with E-state index in [0.29, 0.717) is 19.8 Å². The minimum absolute atomic E-state index is 0.0513. The monoisotopic (exact) mass is 344 g/mol. The molecule has 0 radical (unpaired) electrons. The molecule has 0 spiro atoms. The fourth-order valence-corrected chi connectivity index (χ4v) is 2.82. The Morgan fingerprint density at radius 3 is 3.08 bits per heavy atom. The molecule has 134 valence electrons. The van der Waals surface area contributed by atoms with Crippen LogP contribution in [0.5, 0.6) is 5.75 Å². The Bertz CT molecular complexity index is 681. The first kappa shape index (κ1) is 17.6. The third-order valence-electron chi connectivity index (χ3n) is 4.09. The second-order valence-electron chi connectivity index (χ2n) is 6.03. The van der Waals surface area contributed by atoms with Gasteiger partial charge in [-0.3, -0.25) is 9.78 Å². The van der Waals surface area contributed by atoms with Crippen LogP contribution in [0.15, 0.2) is 36.5 Å². The zero-order valence-electron chi connectivity index (χ0n) is 14.3. The van der Waals surface area contributed by atoms with Crippen molar-refractivity contribution in [2.75, 3.05) is 33.0 Å². The van der Waals surface area contributed by atoms with E-state index in [0.717, 1.165) is 36.1 Å². The maximum atomic E-state index is 11.8. The van der Waals surface area contributed by atoms with Crippen LogP contribution < -0.4 is 10.1 Å². The average Bonchev–Trinajstić information content (AvgIpc) is 2.66. The number of hydrogen-bond acceptors (Lipinski definition) is 5. The van der Waals surface area contributed by atoms with E-state index >= 15 is 0 Å². The number of nitrogens with one attached hydrogen (secondary N) is 1. The van der Waals surface area contributed by atoms with Crippen molar-refractivity contribution in [1.82, 2.24) is 10.3 Å². The van der Waals surface area contributed by atoms with Crippen LogP contribution in [0.3, 0.4) is 0 Å². The van der Waals surface area contributed by atoms with Gasteiger partial charge in [0.2, 0.25) is 5.91 Å². The van der Waals surface area contributed by atoms with Crippen LogP contribution in [-0.4, -0.2) is 50.0 Å². The van der Waals surface area contributed by atoms with Crippen molar-refractivity contribution in [3.63, 3.8) is 0 Å². The summed E-state index contributed by atoms with van der Waals surface area (Å²) >= 11 is 0. The van der Waals surface area contributed by atoms with E-state index < -0.39 is 0 Å². The highest BCUT2D eigenvalue weighted by Gasteiger charge is 2.14. The lowest BCUT2D eigenvalue weighted by molar-refractivity contribution is -0.128. The maximum Gasteiger partial charge on any atom is 0.246 e. The molecule has 1 unspecified atom stereocenters. The van der Waals surface area contributed by atoms with Gasteiger partial charge >= 0.3 is 0 Å². The number of benzene rings is 1. The van der Waals surface area contributed by atoms with E-state index in [2.05, 4.69) is 10.3 Å². The van der Waals surface area contributed by atoms with E-state index in [4.69, 9.17) is 14.2 Å². The highest BCUT2D eigenvalue weighted by molar-refractivity contribution is 5.84. The fraction of sp³-hybridized carbons (Fsp3) is 0.474. The van der Waals surface area contributed by atoms with Gasteiger partial charge in [0.1, 0.15) is 24.5 Å². The van der Waals surface area contributed by atoms with Crippen molar-refractivity contribution in [1.29, 1.82) is 0 Å². The van der Waals surface area contributed by atoms with Gasteiger partial charge in [-0.25, -0.2) is 0 Å².